The lowest BCUT2D eigenvalue weighted by molar-refractivity contribution is 0.0702. The number of nitrogens with zero attached hydrogens (tertiary/aromatic N) is 3. The van der Waals surface area contributed by atoms with E-state index in [1.165, 1.54) is 0 Å². The van der Waals surface area contributed by atoms with Gasteiger partial charge in [-0.15, -0.1) is 0 Å². The molecule has 2 heterocycles. The number of benzene rings is 1. The standard InChI is InChI=1S/C18H23N3O3S/c1-4-20(16-9-10-25(23,24)12-16)18(22)17-11-14(3)21(19-17)15-7-5-13(2)6-8-15/h5-8,11,16H,4,9-10,12H2,1-3H3. The second-order valence-electron chi connectivity index (χ2n) is 6.57. The predicted molar refractivity (Wildman–Crippen MR) is 96.8 cm³/mol. The maximum atomic E-state index is 12.9. The molecule has 1 aromatic carbocycles. The van der Waals surface area contributed by atoms with Crippen LogP contribution in [0.2, 0.25) is 0 Å². The van der Waals surface area contributed by atoms with E-state index in [1.54, 1.807) is 15.6 Å². The molecule has 1 saturated heterocycles. The Balaban J connectivity index is 1.87. The Morgan fingerprint density at radius 1 is 1.28 bits per heavy atom. The number of amides is 1. The fourth-order valence-electron chi connectivity index (χ4n) is 3.26. The maximum Gasteiger partial charge on any atom is 0.274 e. The van der Waals surface area contributed by atoms with E-state index in [0.29, 0.717) is 18.7 Å². The third kappa shape index (κ3) is 3.61. The summed E-state index contributed by atoms with van der Waals surface area (Å²) in [5.74, 6) is -0.0127. The first-order valence-corrected chi connectivity index (χ1v) is 10.3. The number of carbonyl (C=O) groups is 1. The van der Waals surface area contributed by atoms with Gasteiger partial charge in [-0.25, -0.2) is 13.1 Å². The van der Waals surface area contributed by atoms with Gasteiger partial charge in [-0.2, -0.15) is 5.10 Å². The SMILES string of the molecule is CCN(C(=O)c1cc(C)n(-c2ccc(C)cc2)n1)C1CCS(=O)(=O)C1. The van der Waals surface area contributed by atoms with Crippen LogP contribution in [0.25, 0.3) is 5.69 Å². The monoisotopic (exact) mass is 361 g/mol. The van der Waals surface area contributed by atoms with Gasteiger partial charge in [0.1, 0.15) is 0 Å². The number of carbonyl (C=O) groups excluding carboxylic acids is 1. The van der Waals surface area contributed by atoms with Crippen molar-refractivity contribution >= 4 is 15.7 Å². The zero-order valence-electron chi connectivity index (χ0n) is 14.8. The molecule has 2 aromatic rings. The van der Waals surface area contributed by atoms with Gasteiger partial charge >= 0.3 is 0 Å². The molecule has 1 amide bonds. The van der Waals surface area contributed by atoms with E-state index in [-0.39, 0.29) is 23.5 Å². The Bertz CT molecular complexity index is 885. The van der Waals surface area contributed by atoms with E-state index in [9.17, 15) is 13.2 Å². The highest BCUT2D eigenvalue weighted by Crippen LogP contribution is 2.21. The normalized spacial score (nSPS) is 19.1. The summed E-state index contributed by atoms with van der Waals surface area (Å²) in [6, 6.07) is 9.43. The van der Waals surface area contributed by atoms with Gasteiger partial charge in [-0.3, -0.25) is 4.79 Å². The smallest absolute Gasteiger partial charge is 0.274 e. The highest BCUT2D eigenvalue weighted by atomic mass is 32.2. The van der Waals surface area contributed by atoms with Crippen molar-refractivity contribution in [3.8, 4) is 5.69 Å². The second-order valence-corrected chi connectivity index (χ2v) is 8.80. The molecule has 0 saturated carbocycles. The van der Waals surface area contributed by atoms with Crippen LogP contribution in [0.1, 0.15) is 35.1 Å². The molecule has 1 unspecified atom stereocenters. The summed E-state index contributed by atoms with van der Waals surface area (Å²) in [6.07, 6.45) is 0.500. The molecule has 3 rings (SSSR count). The lowest BCUT2D eigenvalue weighted by Gasteiger charge is -2.25. The zero-order valence-corrected chi connectivity index (χ0v) is 15.6. The number of hydrogen-bond acceptors (Lipinski definition) is 4. The highest BCUT2D eigenvalue weighted by molar-refractivity contribution is 7.91. The molecular weight excluding hydrogens is 338 g/mol. The third-order valence-corrected chi connectivity index (χ3v) is 6.39. The molecule has 0 aliphatic carbocycles. The first-order valence-electron chi connectivity index (χ1n) is 8.46. The third-order valence-electron chi connectivity index (χ3n) is 4.64. The van der Waals surface area contributed by atoms with Crippen molar-refractivity contribution in [1.82, 2.24) is 14.7 Å². The summed E-state index contributed by atoms with van der Waals surface area (Å²) >= 11 is 0. The molecular formula is C18H23N3O3S. The molecule has 6 nitrogen and oxygen atoms in total. The van der Waals surface area contributed by atoms with E-state index in [2.05, 4.69) is 5.10 Å². The number of sulfone groups is 1. The minimum atomic E-state index is -3.04. The Labute approximate surface area is 148 Å². The molecule has 7 heteroatoms. The van der Waals surface area contributed by atoms with Crippen LogP contribution >= 0.6 is 0 Å². The molecule has 1 fully saturated rings. The first kappa shape index (κ1) is 17.7. The number of aryl methyl sites for hydroxylation is 2. The van der Waals surface area contributed by atoms with Crippen LogP contribution in [-0.2, 0) is 9.84 Å². The Hall–Kier alpha value is -2.15. The van der Waals surface area contributed by atoms with Gasteiger partial charge in [-0.05, 0) is 45.4 Å². The van der Waals surface area contributed by atoms with Gasteiger partial charge in [-0.1, -0.05) is 17.7 Å². The van der Waals surface area contributed by atoms with Crippen molar-refractivity contribution in [1.29, 1.82) is 0 Å². The summed E-state index contributed by atoms with van der Waals surface area (Å²) in [4.78, 5) is 14.5. The van der Waals surface area contributed by atoms with Crippen LogP contribution in [0.3, 0.4) is 0 Å². The van der Waals surface area contributed by atoms with Crippen LogP contribution in [0.4, 0.5) is 0 Å². The van der Waals surface area contributed by atoms with Crippen molar-refractivity contribution in [2.75, 3.05) is 18.1 Å². The molecule has 0 N–H and O–H groups in total. The van der Waals surface area contributed by atoms with Gasteiger partial charge in [0.05, 0.1) is 17.2 Å². The van der Waals surface area contributed by atoms with Crippen molar-refractivity contribution in [3.05, 3.63) is 47.3 Å². The van der Waals surface area contributed by atoms with E-state index in [1.807, 2.05) is 45.0 Å². The van der Waals surface area contributed by atoms with Crippen LogP contribution in [-0.4, -0.2) is 53.1 Å². The van der Waals surface area contributed by atoms with Crippen LogP contribution < -0.4 is 0 Å². The average molecular weight is 361 g/mol. The molecule has 0 radical (unpaired) electrons. The van der Waals surface area contributed by atoms with E-state index < -0.39 is 9.84 Å². The Kier molecular flexibility index (Phi) is 4.69. The van der Waals surface area contributed by atoms with Crippen LogP contribution in [0.15, 0.2) is 30.3 Å². The van der Waals surface area contributed by atoms with E-state index in [4.69, 9.17) is 0 Å². The van der Waals surface area contributed by atoms with Crippen LogP contribution in [0, 0.1) is 13.8 Å². The maximum absolute atomic E-state index is 12.9. The van der Waals surface area contributed by atoms with Gasteiger partial charge in [0.15, 0.2) is 15.5 Å². The Morgan fingerprint density at radius 2 is 1.96 bits per heavy atom. The average Bonchev–Trinajstić information content (AvgIpc) is 3.11. The highest BCUT2D eigenvalue weighted by Gasteiger charge is 2.35. The Morgan fingerprint density at radius 3 is 2.52 bits per heavy atom. The predicted octanol–water partition coefficient (Wildman–Crippen LogP) is 2.14. The number of aromatic nitrogens is 2. The molecule has 25 heavy (non-hydrogen) atoms. The molecule has 1 aromatic heterocycles. The minimum absolute atomic E-state index is 0.0459. The summed E-state index contributed by atoms with van der Waals surface area (Å²) in [6.45, 7) is 6.26. The van der Waals surface area contributed by atoms with Gasteiger partial charge < -0.3 is 4.90 Å². The van der Waals surface area contributed by atoms with Crippen molar-refractivity contribution < 1.29 is 13.2 Å². The van der Waals surface area contributed by atoms with Crippen LogP contribution in [0.5, 0.6) is 0 Å². The van der Waals surface area contributed by atoms with Crippen molar-refractivity contribution in [2.24, 2.45) is 0 Å². The molecule has 1 atom stereocenters. The quantitative estimate of drug-likeness (QED) is 0.836. The lowest BCUT2D eigenvalue weighted by atomic mass is 10.2. The number of rotatable bonds is 4. The van der Waals surface area contributed by atoms with E-state index in [0.717, 1.165) is 16.9 Å². The minimum Gasteiger partial charge on any atom is -0.333 e. The summed E-state index contributed by atoms with van der Waals surface area (Å²) in [5.41, 5.74) is 3.27. The molecule has 0 bridgehead atoms. The lowest BCUT2D eigenvalue weighted by Crippen LogP contribution is -2.41. The first-order chi connectivity index (χ1) is 11.8. The summed E-state index contributed by atoms with van der Waals surface area (Å²) in [7, 11) is -3.04. The van der Waals surface area contributed by atoms with Gasteiger partial charge in [0.2, 0.25) is 0 Å². The van der Waals surface area contributed by atoms with Crippen molar-refractivity contribution in [2.45, 2.75) is 33.2 Å². The van der Waals surface area contributed by atoms with Crippen molar-refractivity contribution in [3.63, 3.8) is 0 Å². The molecule has 0 spiro atoms. The summed E-state index contributed by atoms with van der Waals surface area (Å²) in [5, 5.41) is 4.46. The fraction of sp³-hybridized carbons (Fsp3) is 0.444. The summed E-state index contributed by atoms with van der Waals surface area (Å²) < 4.78 is 25.2. The fourth-order valence-corrected chi connectivity index (χ4v) is 4.99. The number of hydrogen-bond donors (Lipinski definition) is 0. The van der Waals surface area contributed by atoms with Gasteiger partial charge in [0, 0.05) is 18.3 Å². The molecule has 134 valence electrons. The topological polar surface area (TPSA) is 72.3 Å². The van der Waals surface area contributed by atoms with E-state index >= 15 is 0 Å². The van der Waals surface area contributed by atoms with Gasteiger partial charge in [0.25, 0.3) is 5.91 Å². The largest absolute Gasteiger partial charge is 0.333 e. The second kappa shape index (κ2) is 6.63. The molecule has 1 aliphatic heterocycles. The zero-order chi connectivity index (χ0) is 18.2. The molecule has 1 aliphatic rings.